The zero-order valence-corrected chi connectivity index (χ0v) is 10.1. The Bertz CT molecular complexity index is 545. The minimum Gasteiger partial charge on any atom is -0.383 e. The Kier molecular flexibility index (Phi) is 3.29. The first-order valence-corrected chi connectivity index (χ1v) is 5.87. The lowest BCUT2D eigenvalue weighted by atomic mass is 9.75. The van der Waals surface area contributed by atoms with E-state index in [1.807, 2.05) is 0 Å². The summed E-state index contributed by atoms with van der Waals surface area (Å²) < 4.78 is 27.6. The van der Waals surface area contributed by atoms with Crippen LogP contribution >= 0.6 is 0 Å². The van der Waals surface area contributed by atoms with E-state index in [4.69, 9.17) is 6.42 Å². The van der Waals surface area contributed by atoms with Crippen LogP contribution in [0.1, 0.15) is 24.8 Å². The lowest BCUT2D eigenvalue weighted by molar-refractivity contribution is -0.212. The number of terminal acetylenes is 1. The average molecular weight is 265 g/mol. The highest BCUT2D eigenvalue weighted by atomic mass is 19.3. The number of nitrogens with one attached hydrogen (secondary N) is 1. The van der Waals surface area contributed by atoms with Crippen LogP contribution in [-0.2, 0) is 4.79 Å². The molecule has 5 heteroatoms. The van der Waals surface area contributed by atoms with Gasteiger partial charge in [-0.2, -0.15) is 8.78 Å². The molecular formula is C14H13F2NO2. The van der Waals surface area contributed by atoms with Crippen molar-refractivity contribution in [3.8, 4) is 12.3 Å². The quantitative estimate of drug-likeness (QED) is 0.823. The second kappa shape index (κ2) is 4.63. The monoisotopic (exact) mass is 265 g/mol. The molecule has 1 fully saturated rings. The van der Waals surface area contributed by atoms with Gasteiger partial charge in [0.25, 0.3) is 5.91 Å². The summed E-state index contributed by atoms with van der Waals surface area (Å²) in [6, 6.07) is 6.05. The molecule has 1 aromatic carbocycles. The molecule has 3 nitrogen and oxygen atoms in total. The molecular weight excluding hydrogens is 252 g/mol. The van der Waals surface area contributed by atoms with E-state index in [0.717, 1.165) is 0 Å². The molecule has 0 saturated heterocycles. The van der Waals surface area contributed by atoms with Crippen LogP contribution in [0.2, 0.25) is 0 Å². The molecule has 0 radical (unpaired) electrons. The maximum Gasteiger partial charge on any atom is 0.352 e. The van der Waals surface area contributed by atoms with Gasteiger partial charge in [-0.1, -0.05) is 12.0 Å². The van der Waals surface area contributed by atoms with E-state index in [1.54, 1.807) is 12.1 Å². The predicted octanol–water partition coefficient (Wildman–Crippen LogP) is 2.16. The van der Waals surface area contributed by atoms with Crippen molar-refractivity contribution < 1.29 is 18.7 Å². The highest BCUT2D eigenvalue weighted by Crippen LogP contribution is 2.44. The molecule has 0 unspecified atom stereocenters. The Morgan fingerprint density at radius 2 is 2.16 bits per heavy atom. The molecule has 2 rings (SSSR count). The van der Waals surface area contributed by atoms with Crippen LogP contribution in [0.4, 0.5) is 14.5 Å². The third-order valence-electron chi connectivity index (χ3n) is 3.34. The fourth-order valence-corrected chi connectivity index (χ4v) is 1.93. The van der Waals surface area contributed by atoms with E-state index < -0.39 is 17.4 Å². The van der Waals surface area contributed by atoms with Gasteiger partial charge < -0.3 is 10.4 Å². The van der Waals surface area contributed by atoms with E-state index >= 15 is 0 Å². The van der Waals surface area contributed by atoms with Crippen LogP contribution in [-0.4, -0.2) is 22.5 Å². The number of anilines is 1. The first-order valence-electron chi connectivity index (χ1n) is 5.87. The number of rotatable bonds is 3. The number of carbonyl (C=O) groups is 1. The van der Waals surface area contributed by atoms with Crippen molar-refractivity contribution in [2.45, 2.75) is 30.8 Å². The van der Waals surface area contributed by atoms with E-state index in [-0.39, 0.29) is 18.5 Å². The van der Waals surface area contributed by atoms with Crippen LogP contribution in [0.5, 0.6) is 0 Å². The van der Waals surface area contributed by atoms with Crippen molar-refractivity contribution in [2.75, 3.05) is 5.32 Å². The van der Waals surface area contributed by atoms with Crippen molar-refractivity contribution in [3.05, 3.63) is 29.8 Å². The zero-order chi connectivity index (χ0) is 14.1. The fourth-order valence-electron chi connectivity index (χ4n) is 1.93. The number of halogens is 2. The lowest BCUT2D eigenvalue weighted by Crippen LogP contribution is -2.59. The van der Waals surface area contributed by atoms with Gasteiger partial charge in [0, 0.05) is 11.3 Å². The standard InChI is InChI=1S/C14H13F2NO2/c1-2-10-5-3-6-11(9-10)17-12(18)14(15,16)13(19)7-4-8-13/h1,3,5-6,9,19H,4,7-8H2,(H,17,18). The zero-order valence-electron chi connectivity index (χ0n) is 10.1. The summed E-state index contributed by atoms with van der Waals surface area (Å²) >= 11 is 0. The van der Waals surface area contributed by atoms with Gasteiger partial charge in [0.2, 0.25) is 0 Å². The maximum atomic E-state index is 13.8. The number of aliphatic hydroxyl groups is 1. The highest BCUT2D eigenvalue weighted by Gasteiger charge is 2.61. The minimum absolute atomic E-state index is 0.0716. The van der Waals surface area contributed by atoms with Crippen LogP contribution in [0, 0.1) is 12.3 Å². The molecule has 0 aliphatic heterocycles. The number of amides is 1. The summed E-state index contributed by atoms with van der Waals surface area (Å²) in [5.74, 6) is -2.97. The smallest absolute Gasteiger partial charge is 0.352 e. The van der Waals surface area contributed by atoms with E-state index in [9.17, 15) is 18.7 Å². The number of hydrogen-bond donors (Lipinski definition) is 2. The third-order valence-corrected chi connectivity index (χ3v) is 3.34. The summed E-state index contributed by atoms with van der Waals surface area (Å²) in [4.78, 5) is 11.6. The van der Waals surface area contributed by atoms with Crippen molar-refractivity contribution in [1.29, 1.82) is 0 Å². The SMILES string of the molecule is C#Cc1cccc(NC(=O)C(F)(F)C2(O)CCC2)c1. The Balaban J connectivity index is 2.14. The third kappa shape index (κ3) is 2.32. The summed E-state index contributed by atoms with van der Waals surface area (Å²) in [7, 11) is 0. The van der Waals surface area contributed by atoms with Crippen LogP contribution in [0.3, 0.4) is 0 Å². The van der Waals surface area contributed by atoms with Gasteiger partial charge in [0.15, 0.2) is 0 Å². The van der Waals surface area contributed by atoms with Gasteiger partial charge in [-0.3, -0.25) is 4.79 Å². The predicted molar refractivity (Wildman–Crippen MR) is 66.8 cm³/mol. The first-order chi connectivity index (χ1) is 8.89. The van der Waals surface area contributed by atoms with Crippen LogP contribution in [0.15, 0.2) is 24.3 Å². The Morgan fingerprint density at radius 1 is 1.47 bits per heavy atom. The average Bonchev–Trinajstić information content (AvgIpc) is 2.35. The molecule has 1 amide bonds. The first kappa shape index (κ1) is 13.5. The van der Waals surface area contributed by atoms with Gasteiger partial charge in [0.1, 0.15) is 5.60 Å². The van der Waals surface area contributed by atoms with Gasteiger partial charge in [-0.25, -0.2) is 0 Å². The molecule has 1 saturated carbocycles. The molecule has 0 aromatic heterocycles. The molecule has 0 bridgehead atoms. The van der Waals surface area contributed by atoms with Gasteiger partial charge in [0.05, 0.1) is 0 Å². The second-order valence-electron chi connectivity index (χ2n) is 4.64. The summed E-state index contributed by atoms with van der Waals surface area (Å²) in [5.41, 5.74) is -1.56. The molecule has 1 aliphatic carbocycles. The fraction of sp³-hybridized carbons (Fsp3) is 0.357. The van der Waals surface area contributed by atoms with Crippen LogP contribution in [0.25, 0.3) is 0 Å². The summed E-state index contributed by atoms with van der Waals surface area (Å²) in [6.45, 7) is 0. The second-order valence-corrected chi connectivity index (χ2v) is 4.64. The van der Waals surface area contributed by atoms with Crippen molar-refractivity contribution in [1.82, 2.24) is 0 Å². The topological polar surface area (TPSA) is 49.3 Å². The minimum atomic E-state index is -3.81. The Hall–Kier alpha value is -1.93. The maximum absolute atomic E-state index is 13.8. The number of benzene rings is 1. The number of alkyl halides is 2. The number of carbonyl (C=O) groups excluding carboxylic acids is 1. The summed E-state index contributed by atoms with van der Waals surface area (Å²) in [6.07, 6.45) is 5.53. The van der Waals surface area contributed by atoms with E-state index in [1.165, 1.54) is 12.1 Å². The largest absolute Gasteiger partial charge is 0.383 e. The van der Waals surface area contributed by atoms with Crippen molar-refractivity contribution >= 4 is 11.6 Å². The highest BCUT2D eigenvalue weighted by molar-refractivity contribution is 5.97. The van der Waals surface area contributed by atoms with Gasteiger partial charge in [-0.05, 0) is 37.5 Å². The molecule has 100 valence electrons. The molecule has 0 heterocycles. The number of hydrogen-bond acceptors (Lipinski definition) is 2. The lowest BCUT2D eigenvalue weighted by Gasteiger charge is -2.41. The molecule has 0 atom stereocenters. The molecule has 2 N–H and O–H groups in total. The van der Waals surface area contributed by atoms with Gasteiger partial charge in [-0.15, -0.1) is 6.42 Å². The summed E-state index contributed by atoms with van der Waals surface area (Å²) in [5, 5.41) is 11.7. The van der Waals surface area contributed by atoms with Gasteiger partial charge >= 0.3 is 5.92 Å². The van der Waals surface area contributed by atoms with Crippen molar-refractivity contribution in [2.24, 2.45) is 0 Å². The molecule has 0 spiro atoms. The molecule has 1 aliphatic rings. The normalized spacial score (nSPS) is 17.2. The molecule has 1 aromatic rings. The Labute approximate surface area is 109 Å². The van der Waals surface area contributed by atoms with Crippen molar-refractivity contribution in [3.63, 3.8) is 0 Å². The van der Waals surface area contributed by atoms with Crippen LogP contribution < -0.4 is 5.32 Å². The van der Waals surface area contributed by atoms with E-state index in [0.29, 0.717) is 12.0 Å². The molecule has 19 heavy (non-hydrogen) atoms. The van der Waals surface area contributed by atoms with E-state index in [2.05, 4.69) is 11.2 Å². The Morgan fingerprint density at radius 3 is 2.68 bits per heavy atom.